The molecule has 1 fully saturated rings. The number of hydrogen-bond donors (Lipinski definition) is 3. The molecule has 0 aliphatic carbocycles. The van der Waals surface area contributed by atoms with Crippen molar-refractivity contribution in [3.05, 3.63) is 41.2 Å². The number of sulfonamides is 1. The number of benzene rings is 1. The first kappa shape index (κ1) is 27.3. The van der Waals surface area contributed by atoms with Crippen molar-refractivity contribution >= 4 is 21.9 Å². The fourth-order valence-corrected chi connectivity index (χ4v) is 4.50. The molecule has 3 N–H and O–H groups in total. The summed E-state index contributed by atoms with van der Waals surface area (Å²) in [5.74, 6) is 1.15. The summed E-state index contributed by atoms with van der Waals surface area (Å²) in [4.78, 5) is 15.5. The van der Waals surface area contributed by atoms with Gasteiger partial charge in [0, 0.05) is 26.1 Å². The second-order valence-electron chi connectivity index (χ2n) is 9.66. The first-order valence-corrected chi connectivity index (χ1v) is 14.0. The van der Waals surface area contributed by atoms with Gasteiger partial charge in [-0.05, 0) is 29.4 Å². The van der Waals surface area contributed by atoms with Gasteiger partial charge in [0.1, 0.15) is 5.82 Å². The van der Waals surface area contributed by atoms with E-state index in [1.54, 1.807) is 0 Å². The Kier molecular flexibility index (Phi) is 9.79. The Bertz CT molecular complexity index is 1040. The maximum atomic E-state index is 11.8. The van der Waals surface area contributed by atoms with E-state index in [1.807, 2.05) is 0 Å². The number of nitrogens with zero attached hydrogens (tertiary/aromatic N) is 4. The van der Waals surface area contributed by atoms with Crippen LogP contribution in [-0.2, 0) is 27.7 Å². The SMILES string of the molecule is CC(C)CC(CO)Nc1nc(CC(C)c2ccc(CN3CCOCC3)cc2)nc(NS(C)(=O)=O)n1. The molecule has 11 heteroatoms. The van der Waals surface area contributed by atoms with Crippen LogP contribution in [0.2, 0.25) is 0 Å². The Balaban J connectivity index is 1.73. The predicted octanol–water partition coefficient (Wildman–Crippen LogP) is 2.24. The van der Waals surface area contributed by atoms with Crippen molar-refractivity contribution in [3.63, 3.8) is 0 Å². The van der Waals surface area contributed by atoms with E-state index < -0.39 is 10.0 Å². The molecule has 0 spiro atoms. The molecule has 3 rings (SSSR count). The number of ether oxygens (including phenoxy) is 1. The average Bonchev–Trinajstić information content (AvgIpc) is 2.78. The van der Waals surface area contributed by atoms with Crippen LogP contribution in [0.5, 0.6) is 0 Å². The molecule has 0 radical (unpaired) electrons. The zero-order valence-electron chi connectivity index (χ0n) is 21.1. The number of hydrogen-bond acceptors (Lipinski definition) is 9. The van der Waals surface area contributed by atoms with Gasteiger partial charge in [-0.2, -0.15) is 15.0 Å². The number of aliphatic hydroxyl groups is 1. The number of aliphatic hydroxyl groups excluding tert-OH is 1. The molecular weight excluding hydrogens is 468 g/mol. The van der Waals surface area contributed by atoms with Crippen LogP contribution in [0.1, 0.15) is 50.1 Å². The van der Waals surface area contributed by atoms with Crippen LogP contribution >= 0.6 is 0 Å². The van der Waals surface area contributed by atoms with E-state index in [4.69, 9.17) is 4.74 Å². The highest BCUT2D eigenvalue weighted by atomic mass is 32.2. The van der Waals surface area contributed by atoms with Crippen LogP contribution < -0.4 is 10.0 Å². The summed E-state index contributed by atoms with van der Waals surface area (Å²) in [6.07, 6.45) is 2.28. The summed E-state index contributed by atoms with van der Waals surface area (Å²) in [6.45, 7) is 10.5. The molecule has 194 valence electrons. The van der Waals surface area contributed by atoms with Crippen LogP contribution in [0.25, 0.3) is 0 Å². The zero-order valence-corrected chi connectivity index (χ0v) is 21.9. The van der Waals surface area contributed by atoms with E-state index in [-0.39, 0.29) is 30.5 Å². The van der Waals surface area contributed by atoms with Gasteiger partial charge in [0.25, 0.3) is 0 Å². The fraction of sp³-hybridized carbons (Fsp3) is 0.625. The first-order chi connectivity index (χ1) is 16.6. The van der Waals surface area contributed by atoms with E-state index in [2.05, 4.69) is 74.9 Å². The molecule has 0 amide bonds. The third-order valence-corrected chi connectivity index (χ3v) is 6.37. The Labute approximate surface area is 208 Å². The lowest BCUT2D eigenvalue weighted by molar-refractivity contribution is 0.0342. The summed E-state index contributed by atoms with van der Waals surface area (Å²) >= 11 is 0. The van der Waals surface area contributed by atoms with Gasteiger partial charge in [-0.25, -0.2) is 8.42 Å². The summed E-state index contributed by atoms with van der Waals surface area (Å²) in [7, 11) is -3.55. The van der Waals surface area contributed by atoms with E-state index in [0.717, 1.165) is 51.1 Å². The highest BCUT2D eigenvalue weighted by molar-refractivity contribution is 7.91. The number of morpholine rings is 1. The monoisotopic (exact) mass is 506 g/mol. The lowest BCUT2D eigenvalue weighted by Crippen LogP contribution is -2.35. The van der Waals surface area contributed by atoms with Crippen LogP contribution in [0, 0.1) is 5.92 Å². The van der Waals surface area contributed by atoms with Crippen LogP contribution in [0.15, 0.2) is 24.3 Å². The normalized spacial score (nSPS) is 16.7. The molecule has 2 heterocycles. The molecule has 0 saturated carbocycles. The minimum atomic E-state index is -3.55. The Hall–Kier alpha value is -2.34. The molecule has 1 aliphatic heterocycles. The summed E-state index contributed by atoms with van der Waals surface area (Å²) in [5.41, 5.74) is 2.41. The molecule has 0 bridgehead atoms. The molecule has 2 aromatic rings. The molecule has 1 aromatic carbocycles. The fourth-order valence-electron chi connectivity index (χ4n) is 4.08. The largest absolute Gasteiger partial charge is 0.394 e. The third kappa shape index (κ3) is 9.32. The highest BCUT2D eigenvalue weighted by Crippen LogP contribution is 2.22. The minimum Gasteiger partial charge on any atom is -0.394 e. The van der Waals surface area contributed by atoms with Crippen molar-refractivity contribution in [2.75, 3.05) is 49.2 Å². The molecule has 1 aliphatic rings. The van der Waals surface area contributed by atoms with Crippen molar-refractivity contribution < 1.29 is 18.3 Å². The van der Waals surface area contributed by atoms with Crippen molar-refractivity contribution in [3.8, 4) is 0 Å². The Morgan fingerprint density at radius 1 is 1.06 bits per heavy atom. The number of rotatable bonds is 12. The van der Waals surface area contributed by atoms with Crippen molar-refractivity contribution in [2.45, 2.75) is 52.1 Å². The van der Waals surface area contributed by atoms with E-state index in [1.165, 1.54) is 5.56 Å². The maximum absolute atomic E-state index is 11.8. The minimum absolute atomic E-state index is 0.0331. The highest BCUT2D eigenvalue weighted by Gasteiger charge is 2.17. The van der Waals surface area contributed by atoms with Gasteiger partial charge in [-0.15, -0.1) is 0 Å². The summed E-state index contributed by atoms with van der Waals surface area (Å²) in [5, 5.41) is 12.9. The molecule has 1 saturated heterocycles. The molecule has 35 heavy (non-hydrogen) atoms. The van der Waals surface area contributed by atoms with Crippen LogP contribution in [-0.4, -0.2) is 78.6 Å². The molecule has 1 aromatic heterocycles. The number of anilines is 2. The van der Waals surface area contributed by atoms with Crippen molar-refractivity contribution in [1.29, 1.82) is 0 Å². The third-order valence-electron chi connectivity index (χ3n) is 5.82. The van der Waals surface area contributed by atoms with Crippen LogP contribution in [0.4, 0.5) is 11.9 Å². The summed E-state index contributed by atoms with van der Waals surface area (Å²) < 4.78 is 31.3. The molecule has 2 atom stereocenters. The van der Waals surface area contributed by atoms with Gasteiger partial charge in [-0.1, -0.05) is 45.0 Å². The van der Waals surface area contributed by atoms with Gasteiger partial charge in [0.2, 0.25) is 21.9 Å². The lowest BCUT2D eigenvalue weighted by Gasteiger charge is -2.26. The summed E-state index contributed by atoms with van der Waals surface area (Å²) in [6, 6.07) is 8.31. The second kappa shape index (κ2) is 12.6. The van der Waals surface area contributed by atoms with Gasteiger partial charge in [0.15, 0.2) is 0 Å². The van der Waals surface area contributed by atoms with E-state index in [0.29, 0.717) is 18.2 Å². The predicted molar refractivity (Wildman–Crippen MR) is 137 cm³/mol. The maximum Gasteiger partial charge on any atom is 0.241 e. The Morgan fingerprint density at radius 3 is 2.31 bits per heavy atom. The number of aromatic nitrogens is 3. The quantitative estimate of drug-likeness (QED) is 0.397. The Morgan fingerprint density at radius 2 is 1.71 bits per heavy atom. The number of nitrogens with one attached hydrogen (secondary N) is 2. The van der Waals surface area contributed by atoms with Crippen molar-refractivity contribution in [2.24, 2.45) is 5.92 Å². The molecule has 10 nitrogen and oxygen atoms in total. The standard InChI is InChI=1S/C24H38N6O4S/c1-17(2)13-21(16-31)25-23-26-22(27-24(28-23)29-35(4,32)33)14-18(3)20-7-5-19(6-8-20)15-30-9-11-34-12-10-30/h5-8,17-18,21,31H,9-16H2,1-4H3,(H2,25,26,27,28,29). The van der Waals surface area contributed by atoms with Crippen molar-refractivity contribution in [1.82, 2.24) is 19.9 Å². The van der Waals surface area contributed by atoms with Gasteiger partial charge in [-0.3, -0.25) is 9.62 Å². The zero-order chi connectivity index (χ0) is 25.4. The lowest BCUT2D eigenvalue weighted by atomic mass is 9.96. The van der Waals surface area contributed by atoms with Crippen LogP contribution in [0.3, 0.4) is 0 Å². The topological polar surface area (TPSA) is 130 Å². The second-order valence-corrected chi connectivity index (χ2v) is 11.4. The molecular formula is C24H38N6O4S. The average molecular weight is 507 g/mol. The first-order valence-electron chi connectivity index (χ1n) is 12.1. The van der Waals surface area contributed by atoms with Gasteiger partial charge < -0.3 is 15.2 Å². The van der Waals surface area contributed by atoms with Gasteiger partial charge >= 0.3 is 0 Å². The van der Waals surface area contributed by atoms with E-state index in [9.17, 15) is 13.5 Å². The molecule has 2 unspecified atom stereocenters. The van der Waals surface area contributed by atoms with Gasteiger partial charge in [0.05, 0.1) is 32.1 Å². The van der Waals surface area contributed by atoms with E-state index >= 15 is 0 Å². The smallest absolute Gasteiger partial charge is 0.241 e.